The van der Waals surface area contributed by atoms with Crippen LogP contribution in [-0.4, -0.2) is 33.9 Å². The highest BCUT2D eigenvalue weighted by molar-refractivity contribution is 6.31. The fourth-order valence-electron chi connectivity index (χ4n) is 2.05. The van der Waals surface area contributed by atoms with Gasteiger partial charge in [0.15, 0.2) is 0 Å². The number of aryl methyl sites for hydroxylation is 1. The van der Waals surface area contributed by atoms with Gasteiger partial charge >= 0.3 is 0 Å². The van der Waals surface area contributed by atoms with Gasteiger partial charge in [-0.2, -0.15) is 0 Å². The first kappa shape index (κ1) is 17.3. The van der Waals surface area contributed by atoms with Gasteiger partial charge in [0.2, 0.25) is 0 Å². The topological polar surface area (TPSA) is 30.5 Å². The van der Waals surface area contributed by atoms with E-state index in [4.69, 9.17) is 21.1 Å². The smallest absolute Gasteiger partial charge is 0.120 e. The quantitative estimate of drug-likeness (QED) is 0.670. The Labute approximate surface area is 127 Å². The Morgan fingerprint density at radius 3 is 2.65 bits per heavy atom. The second-order valence-corrected chi connectivity index (χ2v) is 5.54. The van der Waals surface area contributed by atoms with Crippen LogP contribution >= 0.6 is 11.6 Å². The summed E-state index contributed by atoms with van der Waals surface area (Å²) in [7, 11) is 3.38. The highest BCUT2D eigenvalue weighted by Crippen LogP contribution is 2.24. The second-order valence-electron chi connectivity index (χ2n) is 5.13. The van der Waals surface area contributed by atoms with Crippen LogP contribution in [0, 0.1) is 5.92 Å². The fraction of sp³-hybridized carbons (Fsp3) is 0.625. The molecule has 0 saturated heterocycles. The summed E-state index contributed by atoms with van der Waals surface area (Å²) in [5.74, 6) is 1.50. The highest BCUT2D eigenvalue weighted by atomic mass is 35.5. The molecule has 0 amide bonds. The van der Waals surface area contributed by atoms with Gasteiger partial charge in [0.05, 0.1) is 13.7 Å². The second kappa shape index (κ2) is 10.0. The van der Waals surface area contributed by atoms with E-state index in [2.05, 4.69) is 18.3 Å². The number of rotatable bonds is 10. The Morgan fingerprint density at radius 2 is 2.00 bits per heavy atom. The number of hydrogen-bond donors (Lipinski definition) is 1. The van der Waals surface area contributed by atoms with Gasteiger partial charge in [-0.05, 0) is 49.4 Å². The molecular formula is C16H26ClNO2. The predicted octanol–water partition coefficient (Wildman–Crippen LogP) is 3.54. The lowest BCUT2D eigenvalue weighted by Crippen LogP contribution is -2.21. The van der Waals surface area contributed by atoms with E-state index < -0.39 is 0 Å². The summed E-state index contributed by atoms with van der Waals surface area (Å²) in [5, 5.41) is 4.17. The lowest BCUT2D eigenvalue weighted by Gasteiger charge is -2.13. The SMILES string of the molecule is COCCNCCC(C)CCc1ccc(OC)cc1Cl. The number of hydrogen-bond acceptors (Lipinski definition) is 3. The molecule has 0 heterocycles. The van der Waals surface area contributed by atoms with Crippen molar-refractivity contribution in [3.63, 3.8) is 0 Å². The first-order valence-electron chi connectivity index (χ1n) is 7.19. The van der Waals surface area contributed by atoms with E-state index >= 15 is 0 Å². The zero-order valence-corrected chi connectivity index (χ0v) is 13.5. The van der Waals surface area contributed by atoms with Gasteiger partial charge in [0.1, 0.15) is 5.75 Å². The fourth-order valence-corrected chi connectivity index (χ4v) is 2.32. The summed E-state index contributed by atoms with van der Waals surface area (Å²) >= 11 is 6.25. The Balaban J connectivity index is 2.25. The van der Waals surface area contributed by atoms with Crippen molar-refractivity contribution in [3.05, 3.63) is 28.8 Å². The molecule has 1 aromatic rings. The van der Waals surface area contributed by atoms with Crippen LogP contribution in [0.25, 0.3) is 0 Å². The van der Waals surface area contributed by atoms with Crippen molar-refractivity contribution in [1.29, 1.82) is 0 Å². The molecule has 3 nitrogen and oxygen atoms in total. The summed E-state index contributed by atoms with van der Waals surface area (Å²) in [5.41, 5.74) is 1.20. The maximum Gasteiger partial charge on any atom is 0.120 e. The molecule has 0 aliphatic heterocycles. The maximum absolute atomic E-state index is 6.25. The van der Waals surface area contributed by atoms with Crippen LogP contribution in [-0.2, 0) is 11.2 Å². The molecule has 1 atom stereocenters. The Bertz CT molecular complexity index is 385. The van der Waals surface area contributed by atoms with Crippen LogP contribution in [0.15, 0.2) is 18.2 Å². The number of methoxy groups -OCH3 is 2. The molecule has 0 saturated carbocycles. The third kappa shape index (κ3) is 6.60. The molecule has 0 aromatic heterocycles. The molecule has 0 aliphatic carbocycles. The summed E-state index contributed by atoms with van der Waals surface area (Å²) < 4.78 is 10.2. The minimum Gasteiger partial charge on any atom is -0.497 e. The van der Waals surface area contributed by atoms with Gasteiger partial charge < -0.3 is 14.8 Å². The first-order chi connectivity index (χ1) is 9.67. The van der Waals surface area contributed by atoms with E-state index in [1.54, 1.807) is 14.2 Å². The Hall–Kier alpha value is -0.770. The van der Waals surface area contributed by atoms with E-state index in [9.17, 15) is 0 Å². The largest absolute Gasteiger partial charge is 0.497 e. The van der Waals surface area contributed by atoms with E-state index in [1.807, 2.05) is 12.1 Å². The van der Waals surface area contributed by atoms with Gasteiger partial charge in [0, 0.05) is 18.7 Å². The van der Waals surface area contributed by atoms with Crippen LogP contribution in [0.2, 0.25) is 5.02 Å². The molecule has 0 fully saturated rings. The molecule has 1 aromatic carbocycles. The number of ether oxygens (including phenoxy) is 2. The Morgan fingerprint density at radius 1 is 1.20 bits per heavy atom. The van der Waals surface area contributed by atoms with Crippen LogP contribution in [0.5, 0.6) is 5.75 Å². The zero-order chi connectivity index (χ0) is 14.8. The molecule has 1 unspecified atom stereocenters. The van der Waals surface area contributed by atoms with Gasteiger partial charge in [-0.1, -0.05) is 24.6 Å². The minimum atomic E-state index is 0.684. The van der Waals surface area contributed by atoms with Crippen LogP contribution in [0.4, 0.5) is 0 Å². The lowest BCUT2D eigenvalue weighted by atomic mass is 9.98. The third-order valence-electron chi connectivity index (χ3n) is 3.46. The molecular weight excluding hydrogens is 274 g/mol. The van der Waals surface area contributed by atoms with Crippen LogP contribution < -0.4 is 10.1 Å². The molecule has 1 N–H and O–H groups in total. The normalized spacial score (nSPS) is 12.4. The van der Waals surface area contributed by atoms with E-state index in [0.717, 1.165) is 43.3 Å². The average Bonchev–Trinajstić information content (AvgIpc) is 2.45. The summed E-state index contributed by atoms with van der Waals surface area (Å²) in [6, 6.07) is 5.91. The standard InChI is InChI=1S/C16H26ClNO2/c1-13(8-9-18-10-11-19-2)4-5-14-6-7-15(20-3)12-16(14)17/h6-7,12-13,18H,4-5,8-11H2,1-3H3. The van der Waals surface area contributed by atoms with Crippen molar-refractivity contribution >= 4 is 11.6 Å². The van der Waals surface area contributed by atoms with E-state index in [1.165, 1.54) is 12.0 Å². The van der Waals surface area contributed by atoms with Crippen molar-refractivity contribution in [3.8, 4) is 5.75 Å². The number of nitrogens with one attached hydrogen (secondary N) is 1. The van der Waals surface area contributed by atoms with Crippen molar-refractivity contribution in [2.45, 2.75) is 26.2 Å². The van der Waals surface area contributed by atoms with Crippen LogP contribution in [0.1, 0.15) is 25.3 Å². The predicted molar refractivity (Wildman–Crippen MR) is 84.9 cm³/mol. The van der Waals surface area contributed by atoms with E-state index in [-0.39, 0.29) is 0 Å². The lowest BCUT2D eigenvalue weighted by molar-refractivity contribution is 0.199. The minimum absolute atomic E-state index is 0.684. The Kier molecular flexibility index (Phi) is 8.67. The monoisotopic (exact) mass is 299 g/mol. The average molecular weight is 300 g/mol. The molecule has 1 rings (SSSR count). The molecule has 0 spiro atoms. The van der Waals surface area contributed by atoms with E-state index in [0.29, 0.717) is 5.92 Å². The van der Waals surface area contributed by atoms with Crippen molar-refractivity contribution < 1.29 is 9.47 Å². The molecule has 20 heavy (non-hydrogen) atoms. The maximum atomic E-state index is 6.25. The summed E-state index contributed by atoms with van der Waals surface area (Å²) in [4.78, 5) is 0. The summed E-state index contributed by atoms with van der Waals surface area (Å²) in [6.45, 7) is 5.03. The van der Waals surface area contributed by atoms with Gasteiger partial charge in [-0.3, -0.25) is 0 Å². The molecule has 4 heteroatoms. The highest BCUT2D eigenvalue weighted by Gasteiger charge is 2.06. The molecule has 0 aliphatic rings. The van der Waals surface area contributed by atoms with Crippen LogP contribution in [0.3, 0.4) is 0 Å². The van der Waals surface area contributed by atoms with Gasteiger partial charge in [-0.25, -0.2) is 0 Å². The molecule has 0 radical (unpaired) electrons. The third-order valence-corrected chi connectivity index (χ3v) is 3.82. The number of benzene rings is 1. The molecule has 0 bridgehead atoms. The van der Waals surface area contributed by atoms with Crippen molar-refractivity contribution in [2.75, 3.05) is 33.9 Å². The van der Waals surface area contributed by atoms with Gasteiger partial charge in [-0.15, -0.1) is 0 Å². The van der Waals surface area contributed by atoms with Crippen molar-refractivity contribution in [2.24, 2.45) is 5.92 Å². The van der Waals surface area contributed by atoms with Crippen molar-refractivity contribution in [1.82, 2.24) is 5.32 Å². The summed E-state index contributed by atoms with van der Waals surface area (Å²) in [6.07, 6.45) is 3.34. The zero-order valence-electron chi connectivity index (χ0n) is 12.7. The van der Waals surface area contributed by atoms with Gasteiger partial charge in [0.25, 0.3) is 0 Å². The number of halogens is 1. The first-order valence-corrected chi connectivity index (χ1v) is 7.57. The molecule has 114 valence electrons.